The molecule has 0 saturated carbocycles. The molecule has 0 unspecified atom stereocenters. The van der Waals surface area contributed by atoms with E-state index in [1.165, 1.54) is 4.90 Å². The third kappa shape index (κ3) is 3.61. The van der Waals surface area contributed by atoms with Gasteiger partial charge in [-0.2, -0.15) is 0 Å². The molecule has 0 atom stereocenters. The second kappa shape index (κ2) is 6.56. The Labute approximate surface area is 141 Å². The fourth-order valence-electron chi connectivity index (χ4n) is 1.81. The first-order valence-corrected chi connectivity index (χ1v) is 7.61. The largest absolute Gasteiger partial charge is 0.389 e. The van der Waals surface area contributed by atoms with Crippen molar-refractivity contribution in [3.05, 3.63) is 63.1 Å². The van der Waals surface area contributed by atoms with E-state index in [1.807, 2.05) is 0 Å². The Balaban J connectivity index is 2.30. The van der Waals surface area contributed by atoms with Gasteiger partial charge in [0.15, 0.2) is 0 Å². The van der Waals surface area contributed by atoms with Crippen LogP contribution in [0.1, 0.15) is 15.9 Å². The Bertz CT molecular complexity index is 703. The number of carbonyl (C=O) groups is 1. The number of hydrogen-bond donors (Lipinski definition) is 1. The number of thiocarbonyl (C=S) groups is 1. The van der Waals surface area contributed by atoms with Crippen LogP contribution in [0.15, 0.2) is 46.9 Å². The van der Waals surface area contributed by atoms with E-state index in [4.69, 9.17) is 29.6 Å². The lowest BCUT2D eigenvalue weighted by Gasteiger charge is -2.18. The summed E-state index contributed by atoms with van der Waals surface area (Å²) in [6.07, 6.45) is 0. The molecule has 1 amide bonds. The normalized spacial score (nSPS) is 10.2. The van der Waals surface area contributed by atoms with Crippen molar-refractivity contribution in [3.63, 3.8) is 0 Å². The molecule has 2 N–H and O–H groups in total. The molecule has 2 aromatic rings. The van der Waals surface area contributed by atoms with Crippen molar-refractivity contribution < 1.29 is 4.79 Å². The number of amides is 1. The second-order valence-electron chi connectivity index (χ2n) is 4.40. The molecule has 0 saturated heterocycles. The quantitative estimate of drug-likeness (QED) is 0.815. The first-order chi connectivity index (χ1) is 9.90. The lowest BCUT2D eigenvalue weighted by molar-refractivity contribution is 0.0993. The van der Waals surface area contributed by atoms with E-state index in [0.717, 1.165) is 15.7 Å². The molecule has 2 aromatic carbocycles. The maximum absolute atomic E-state index is 12.5. The number of hydrogen-bond acceptors (Lipinski definition) is 2. The SMILES string of the molecule is CN(C(=O)c1cc(Br)ccc1Cl)c1ccc(C(N)=S)cc1. The summed E-state index contributed by atoms with van der Waals surface area (Å²) in [6.45, 7) is 0. The van der Waals surface area contributed by atoms with Crippen LogP contribution in [0, 0.1) is 0 Å². The molecular weight excluding hydrogens is 372 g/mol. The lowest BCUT2D eigenvalue weighted by Crippen LogP contribution is -2.26. The zero-order chi connectivity index (χ0) is 15.6. The summed E-state index contributed by atoms with van der Waals surface area (Å²) >= 11 is 14.3. The van der Waals surface area contributed by atoms with Crippen LogP contribution >= 0.6 is 39.7 Å². The fraction of sp³-hybridized carbons (Fsp3) is 0.0667. The lowest BCUT2D eigenvalue weighted by atomic mass is 10.1. The van der Waals surface area contributed by atoms with Crippen LogP contribution in [0.5, 0.6) is 0 Å². The number of benzene rings is 2. The van der Waals surface area contributed by atoms with Gasteiger partial charge in [-0.15, -0.1) is 0 Å². The van der Waals surface area contributed by atoms with Crippen LogP contribution in [0.2, 0.25) is 5.02 Å². The van der Waals surface area contributed by atoms with Gasteiger partial charge in [-0.25, -0.2) is 0 Å². The highest BCUT2D eigenvalue weighted by Crippen LogP contribution is 2.24. The van der Waals surface area contributed by atoms with Gasteiger partial charge in [-0.05, 0) is 42.5 Å². The molecule has 0 spiro atoms. The molecule has 0 radical (unpaired) electrons. The molecule has 0 aliphatic heterocycles. The molecule has 0 aliphatic rings. The molecule has 0 bridgehead atoms. The fourth-order valence-corrected chi connectivity index (χ4v) is 2.50. The number of rotatable bonds is 3. The summed E-state index contributed by atoms with van der Waals surface area (Å²) in [6, 6.07) is 12.3. The third-order valence-corrected chi connectivity index (χ3v) is 4.06. The predicted octanol–water partition coefficient (Wildman–Crippen LogP) is 4.01. The zero-order valence-electron chi connectivity index (χ0n) is 11.1. The van der Waals surface area contributed by atoms with Crippen LogP contribution in [-0.2, 0) is 0 Å². The molecule has 0 fully saturated rings. The average Bonchev–Trinajstić information content (AvgIpc) is 2.48. The molecule has 3 nitrogen and oxygen atoms in total. The summed E-state index contributed by atoms with van der Waals surface area (Å²) < 4.78 is 0.799. The minimum Gasteiger partial charge on any atom is -0.389 e. The van der Waals surface area contributed by atoms with E-state index < -0.39 is 0 Å². The van der Waals surface area contributed by atoms with Crippen LogP contribution in [0.25, 0.3) is 0 Å². The summed E-state index contributed by atoms with van der Waals surface area (Å²) in [4.78, 5) is 14.4. The second-order valence-corrected chi connectivity index (χ2v) is 6.16. The highest BCUT2D eigenvalue weighted by molar-refractivity contribution is 9.10. The highest BCUT2D eigenvalue weighted by atomic mass is 79.9. The number of anilines is 1. The summed E-state index contributed by atoms with van der Waals surface area (Å²) in [5.74, 6) is -0.190. The maximum atomic E-state index is 12.5. The molecule has 0 aliphatic carbocycles. The van der Waals surface area contributed by atoms with Gasteiger partial charge in [0.1, 0.15) is 4.99 Å². The van der Waals surface area contributed by atoms with Gasteiger partial charge in [0.25, 0.3) is 5.91 Å². The third-order valence-electron chi connectivity index (χ3n) is 3.00. The predicted molar refractivity (Wildman–Crippen MR) is 94.2 cm³/mol. The van der Waals surface area contributed by atoms with E-state index in [9.17, 15) is 4.79 Å². The van der Waals surface area contributed by atoms with Crippen LogP contribution < -0.4 is 10.6 Å². The average molecular weight is 384 g/mol. The van der Waals surface area contributed by atoms with Crippen molar-refractivity contribution in [2.45, 2.75) is 0 Å². The number of halogens is 2. The van der Waals surface area contributed by atoms with E-state index in [0.29, 0.717) is 15.6 Å². The minimum absolute atomic E-state index is 0.190. The zero-order valence-corrected chi connectivity index (χ0v) is 14.3. The van der Waals surface area contributed by atoms with Crippen molar-refractivity contribution in [2.24, 2.45) is 5.73 Å². The van der Waals surface area contributed by atoms with Crippen molar-refractivity contribution in [1.29, 1.82) is 0 Å². The Morgan fingerprint density at radius 3 is 2.43 bits per heavy atom. The van der Waals surface area contributed by atoms with E-state index in [2.05, 4.69) is 15.9 Å². The monoisotopic (exact) mass is 382 g/mol. The van der Waals surface area contributed by atoms with Gasteiger partial charge in [-0.3, -0.25) is 4.79 Å². The Morgan fingerprint density at radius 1 is 1.24 bits per heavy atom. The number of nitrogens with two attached hydrogens (primary N) is 1. The van der Waals surface area contributed by atoms with Gasteiger partial charge in [0.05, 0.1) is 10.6 Å². The first kappa shape index (κ1) is 15.9. The number of carbonyl (C=O) groups excluding carboxylic acids is 1. The Morgan fingerprint density at radius 2 is 1.86 bits per heavy atom. The van der Waals surface area contributed by atoms with Gasteiger partial charge >= 0.3 is 0 Å². The van der Waals surface area contributed by atoms with Gasteiger partial charge in [0.2, 0.25) is 0 Å². The summed E-state index contributed by atoms with van der Waals surface area (Å²) in [7, 11) is 1.69. The van der Waals surface area contributed by atoms with Crippen molar-refractivity contribution in [3.8, 4) is 0 Å². The van der Waals surface area contributed by atoms with Gasteiger partial charge < -0.3 is 10.6 Å². The molecule has 6 heteroatoms. The number of nitrogens with zero attached hydrogens (tertiary/aromatic N) is 1. The minimum atomic E-state index is -0.190. The smallest absolute Gasteiger partial charge is 0.259 e. The van der Waals surface area contributed by atoms with Crippen molar-refractivity contribution in [1.82, 2.24) is 0 Å². The Kier molecular flexibility index (Phi) is 4.98. The first-order valence-electron chi connectivity index (χ1n) is 6.03. The standard InChI is InChI=1S/C15H12BrClN2OS/c1-19(11-5-2-9(3-6-11)14(18)21)15(20)12-8-10(16)4-7-13(12)17/h2-8H,1H3,(H2,18,21). The topological polar surface area (TPSA) is 46.3 Å². The Hall–Kier alpha value is -1.43. The van der Waals surface area contributed by atoms with Gasteiger partial charge in [0, 0.05) is 22.8 Å². The van der Waals surface area contributed by atoms with Crippen molar-refractivity contribution >= 4 is 56.3 Å². The van der Waals surface area contributed by atoms with Gasteiger partial charge in [-0.1, -0.05) is 39.7 Å². The maximum Gasteiger partial charge on any atom is 0.259 e. The molecule has 0 heterocycles. The molecule has 21 heavy (non-hydrogen) atoms. The molecule has 0 aromatic heterocycles. The van der Waals surface area contributed by atoms with E-state index in [1.54, 1.807) is 49.5 Å². The van der Waals surface area contributed by atoms with Crippen LogP contribution in [0.4, 0.5) is 5.69 Å². The summed E-state index contributed by atoms with van der Waals surface area (Å²) in [5.41, 5.74) is 7.48. The summed E-state index contributed by atoms with van der Waals surface area (Å²) in [5, 5.41) is 0.412. The van der Waals surface area contributed by atoms with E-state index >= 15 is 0 Å². The molecule has 108 valence electrons. The van der Waals surface area contributed by atoms with Crippen LogP contribution in [0.3, 0.4) is 0 Å². The van der Waals surface area contributed by atoms with Crippen molar-refractivity contribution in [2.75, 3.05) is 11.9 Å². The molecule has 2 rings (SSSR count). The van der Waals surface area contributed by atoms with Crippen LogP contribution in [-0.4, -0.2) is 17.9 Å². The molecular formula is C15H12BrClN2OS. The van der Waals surface area contributed by atoms with E-state index in [-0.39, 0.29) is 5.91 Å². The highest BCUT2D eigenvalue weighted by Gasteiger charge is 2.17.